The first-order chi connectivity index (χ1) is 8.79. The summed E-state index contributed by atoms with van der Waals surface area (Å²) in [6.07, 6.45) is 1.31. The molecule has 1 aliphatic heterocycles. The van der Waals surface area contributed by atoms with Gasteiger partial charge in [-0.3, -0.25) is 9.69 Å². The minimum Gasteiger partial charge on any atom is -0.492 e. The van der Waals surface area contributed by atoms with Crippen LogP contribution in [0.5, 0.6) is 5.75 Å². The molecule has 2 rings (SSSR count). The predicted octanol–water partition coefficient (Wildman–Crippen LogP) is 1.83. The zero-order chi connectivity index (χ0) is 12.8. The van der Waals surface area contributed by atoms with Gasteiger partial charge in [0.2, 0.25) is 0 Å². The Morgan fingerprint density at radius 3 is 3.11 bits per heavy atom. The third-order valence-electron chi connectivity index (χ3n) is 3.11. The summed E-state index contributed by atoms with van der Waals surface area (Å²) in [6, 6.07) is 8.12. The summed E-state index contributed by atoms with van der Waals surface area (Å²) in [5.74, 6) is 0.842. The number of nitrogens with zero attached hydrogens (tertiary/aromatic N) is 1. The SMILES string of the molecule is COC(=O)CCCN1CCOc2ccccc2C1. The van der Waals surface area contributed by atoms with E-state index in [1.165, 1.54) is 12.7 Å². The zero-order valence-corrected chi connectivity index (χ0v) is 10.7. The van der Waals surface area contributed by atoms with Crippen LogP contribution in [-0.4, -0.2) is 37.7 Å². The molecule has 0 saturated heterocycles. The Balaban J connectivity index is 1.86. The topological polar surface area (TPSA) is 38.8 Å². The molecule has 0 bridgehead atoms. The summed E-state index contributed by atoms with van der Waals surface area (Å²) < 4.78 is 10.3. The highest BCUT2D eigenvalue weighted by molar-refractivity contribution is 5.69. The van der Waals surface area contributed by atoms with Gasteiger partial charge in [-0.1, -0.05) is 18.2 Å². The number of carbonyl (C=O) groups excluding carboxylic acids is 1. The highest BCUT2D eigenvalue weighted by atomic mass is 16.5. The first kappa shape index (κ1) is 12.9. The van der Waals surface area contributed by atoms with Crippen molar-refractivity contribution in [1.82, 2.24) is 4.90 Å². The van der Waals surface area contributed by atoms with Gasteiger partial charge in [-0.05, 0) is 19.0 Å². The fourth-order valence-electron chi connectivity index (χ4n) is 2.12. The quantitative estimate of drug-likeness (QED) is 0.763. The van der Waals surface area contributed by atoms with Crippen LogP contribution in [0.15, 0.2) is 24.3 Å². The molecular weight excluding hydrogens is 230 g/mol. The summed E-state index contributed by atoms with van der Waals surface area (Å²) in [4.78, 5) is 13.4. The maximum atomic E-state index is 11.1. The summed E-state index contributed by atoms with van der Waals surface area (Å²) in [7, 11) is 1.43. The monoisotopic (exact) mass is 249 g/mol. The van der Waals surface area contributed by atoms with Gasteiger partial charge >= 0.3 is 5.97 Å². The lowest BCUT2D eigenvalue weighted by atomic mass is 10.2. The highest BCUT2D eigenvalue weighted by Crippen LogP contribution is 2.22. The number of para-hydroxylation sites is 1. The van der Waals surface area contributed by atoms with E-state index in [4.69, 9.17) is 4.74 Å². The van der Waals surface area contributed by atoms with Crippen molar-refractivity contribution in [1.29, 1.82) is 0 Å². The van der Waals surface area contributed by atoms with Gasteiger partial charge in [0.1, 0.15) is 12.4 Å². The van der Waals surface area contributed by atoms with Crippen LogP contribution in [0.4, 0.5) is 0 Å². The molecule has 0 aromatic heterocycles. The van der Waals surface area contributed by atoms with E-state index in [0.29, 0.717) is 13.0 Å². The van der Waals surface area contributed by atoms with E-state index in [2.05, 4.69) is 15.7 Å². The minimum atomic E-state index is -0.138. The van der Waals surface area contributed by atoms with E-state index in [0.717, 1.165) is 31.8 Å². The number of hydrogen-bond acceptors (Lipinski definition) is 4. The molecule has 1 aromatic carbocycles. The second-order valence-corrected chi connectivity index (χ2v) is 4.41. The summed E-state index contributed by atoms with van der Waals surface area (Å²) in [6.45, 7) is 3.38. The summed E-state index contributed by atoms with van der Waals surface area (Å²) in [5.41, 5.74) is 1.22. The summed E-state index contributed by atoms with van der Waals surface area (Å²) in [5, 5.41) is 0. The van der Waals surface area contributed by atoms with E-state index in [1.807, 2.05) is 18.2 Å². The molecule has 0 spiro atoms. The second-order valence-electron chi connectivity index (χ2n) is 4.41. The van der Waals surface area contributed by atoms with E-state index in [1.54, 1.807) is 0 Å². The number of hydrogen-bond donors (Lipinski definition) is 0. The van der Waals surface area contributed by atoms with Crippen LogP contribution in [0.2, 0.25) is 0 Å². The largest absolute Gasteiger partial charge is 0.492 e. The average Bonchev–Trinajstić information content (AvgIpc) is 2.60. The van der Waals surface area contributed by atoms with Gasteiger partial charge in [0.25, 0.3) is 0 Å². The normalized spacial score (nSPS) is 15.4. The maximum absolute atomic E-state index is 11.1. The third-order valence-corrected chi connectivity index (χ3v) is 3.11. The summed E-state index contributed by atoms with van der Waals surface area (Å²) >= 11 is 0. The molecule has 0 amide bonds. The number of fused-ring (bicyclic) bond motifs is 1. The molecule has 0 fully saturated rings. The number of benzene rings is 1. The standard InChI is InChI=1S/C14H19NO3/c1-17-14(16)7-4-8-15-9-10-18-13-6-3-2-5-12(13)11-15/h2-3,5-6H,4,7-11H2,1H3. The Labute approximate surface area is 107 Å². The van der Waals surface area contributed by atoms with Crippen LogP contribution in [0.3, 0.4) is 0 Å². The van der Waals surface area contributed by atoms with Crippen LogP contribution in [0.1, 0.15) is 18.4 Å². The van der Waals surface area contributed by atoms with Crippen LogP contribution in [-0.2, 0) is 16.1 Å². The van der Waals surface area contributed by atoms with Gasteiger partial charge in [-0.15, -0.1) is 0 Å². The molecule has 4 heteroatoms. The van der Waals surface area contributed by atoms with E-state index in [9.17, 15) is 4.79 Å². The molecule has 18 heavy (non-hydrogen) atoms. The van der Waals surface area contributed by atoms with Gasteiger partial charge in [-0.2, -0.15) is 0 Å². The van der Waals surface area contributed by atoms with Gasteiger partial charge in [0.15, 0.2) is 0 Å². The lowest BCUT2D eigenvalue weighted by molar-refractivity contribution is -0.140. The van der Waals surface area contributed by atoms with Crippen molar-refractivity contribution >= 4 is 5.97 Å². The van der Waals surface area contributed by atoms with Crippen LogP contribution in [0, 0.1) is 0 Å². The van der Waals surface area contributed by atoms with E-state index >= 15 is 0 Å². The highest BCUT2D eigenvalue weighted by Gasteiger charge is 2.14. The van der Waals surface area contributed by atoms with Crippen molar-refractivity contribution in [2.24, 2.45) is 0 Å². The van der Waals surface area contributed by atoms with Crippen molar-refractivity contribution in [2.45, 2.75) is 19.4 Å². The van der Waals surface area contributed by atoms with Crippen LogP contribution >= 0.6 is 0 Å². The molecule has 98 valence electrons. The lowest BCUT2D eigenvalue weighted by Gasteiger charge is -2.18. The van der Waals surface area contributed by atoms with Crippen LogP contribution in [0.25, 0.3) is 0 Å². The molecule has 1 aromatic rings. The van der Waals surface area contributed by atoms with Crippen molar-refractivity contribution in [2.75, 3.05) is 26.8 Å². The fraction of sp³-hybridized carbons (Fsp3) is 0.500. The molecule has 0 aliphatic carbocycles. The minimum absolute atomic E-state index is 0.138. The van der Waals surface area contributed by atoms with E-state index in [-0.39, 0.29) is 5.97 Å². The van der Waals surface area contributed by atoms with Gasteiger partial charge in [0, 0.05) is 25.1 Å². The fourth-order valence-corrected chi connectivity index (χ4v) is 2.12. The van der Waals surface area contributed by atoms with Gasteiger partial charge in [0.05, 0.1) is 7.11 Å². The average molecular weight is 249 g/mol. The first-order valence-electron chi connectivity index (χ1n) is 6.29. The van der Waals surface area contributed by atoms with Gasteiger partial charge in [-0.25, -0.2) is 0 Å². The van der Waals surface area contributed by atoms with Crippen molar-refractivity contribution in [3.63, 3.8) is 0 Å². The molecule has 4 nitrogen and oxygen atoms in total. The Kier molecular flexibility index (Phi) is 4.59. The van der Waals surface area contributed by atoms with Crippen molar-refractivity contribution < 1.29 is 14.3 Å². The molecule has 0 saturated carbocycles. The Bertz CT molecular complexity index is 406. The molecule has 0 radical (unpaired) electrons. The number of ether oxygens (including phenoxy) is 2. The number of rotatable bonds is 4. The molecule has 0 N–H and O–H groups in total. The Morgan fingerprint density at radius 1 is 1.44 bits per heavy atom. The number of methoxy groups -OCH3 is 1. The van der Waals surface area contributed by atoms with Crippen molar-refractivity contribution in [3.8, 4) is 5.75 Å². The Hall–Kier alpha value is -1.55. The predicted molar refractivity (Wildman–Crippen MR) is 68.5 cm³/mol. The maximum Gasteiger partial charge on any atom is 0.305 e. The Morgan fingerprint density at radius 2 is 2.28 bits per heavy atom. The number of carbonyl (C=O) groups is 1. The first-order valence-corrected chi connectivity index (χ1v) is 6.29. The molecule has 0 unspecified atom stereocenters. The van der Waals surface area contributed by atoms with Gasteiger partial charge < -0.3 is 9.47 Å². The molecule has 1 aliphatic rings. The lowest BCUT2D eigenvalue weighted by Crippen LogP contribution is -2.27. The molecule has 0 atom stereocenters. The molecule has 1 heterocycles. The second kappa shape index (κ2) is 6.40. The molecular formula is C14H19NO3. The zero-order valence-electron chi connectivity index (χ0n) is 10.7. The third kappa shape index (κ3) is 3.47. The van der Waals surface area contributed by atoms with Crippen molar-refractivity contribution in [3.05, 3.63) is 29.8 Å². The smallest absolute Gasteiger partial charge is 0.305 e. The number of esters is 1. The van der Waals surface area contributed by atoms with Crippen LogP contribution < -0.4 is 4.74 Å². The van der Waals surface area contributed by atoms with E-state index < -0.39 is 0 Å².